The Kier molecular flexibility index (Phi) is 17.3. The molecule has 0 saturated carbocycles. The Morgan fingerprint density at radius 1 is 0.983 bits per heavy atom. The third-order valence-corrected chi connectivity index (χ3v) is 14.0. The van der Waals surface area contributed by atoms with E-state index in [4.69, 9.17) is 14.5 Å². The van der Waals surface area contributed by atoms with E-state index in [1.807, 2.05) is 53.7 Å². The summed E-state index contributed by atoms with van der Waals surface area (Å²) in [4.78, 5) is 80.9. The molecule has 0 aliphatic carbocycles. The van der Waals surface area contributed by atoms with E-state index in [1.54, 1.807) is 62.9 Å². The summed E-state index contributed by atoms with van der Waals surface area (Å²) in [6.45, 7) is 17.6. The Labute approximate surface area is 362 Å². The van der Waals surface area contributed by atoms with Crippen LogP contribution in [0.5, 0.6) is 5.75 Å². The molecule has 3 aliphatic rings. The number of amides is 4. The van der Waals surface area contributed by atoms with Crippen LogP contribution >= 0.6 is 11.8 Å². The van der Waals surface area contributed by atoms with Crippen molar-refractivity contribution in [3.05, 3.63) is 41.5 Å². The number of hydrogen-bond donors (Lipinski definition) is 2. The normalized spacial score (nSPS) is 31.5. The molecule has 13 nitrogen and oxygen atoms in total. The zero-order valence-electron chi connectivity index (χ0n) is 38.0. The molecule has 2 bridgehead atoms. The molecule has 3 aliphatic heterocycles. The van der Waals surface area contributed by atoms with Crippen molar-refractivity contribution >= 4 is 46.4 Å². The maximum Gasteiger partial charge on any atom is 0.329 e. The van der Waals surface area contributed by atoms with E-state index in [0.717, 1.165) is 17.0 Å². The van der Waals surface area contributed by atoms with Gasteiger partial charge in [0, 0.05) is 44.3 Å². The highest BCUT2D eigenvalue weighted by Crippen LogP contribution is 2.34. The van der Waals surface area contributed by atoms with Gasteiger partial charge < -0.3 is 34.6 Å². The molecule has 0 aromatic heterocycles. The number of benzene rings is 1. The number of hydrogen-bond acceptors (Lipinski definition) is 10. The minimum absolute atomic E-state index is 0.00480. The van der Waals surface area contributed by atoms with Gasteiger partial charge in [-0.05, 0) is 80.9 Å². The molecule has 1 aromatic carbocycles. The molecule has 0 unspecified atom stereocenters. The van der Waals surface area contributed by atoms with Crippen LogP contribution in [-0.4, -0.2) is 130 Å². The first-order valence-corrected chi connectivity index (χ1v) is 22.7. The summed E-state index contributed by atoms with van der Waals surface area (Å²) >= 11 is 1.56. The molecule has 0 radical (unpaired) electrons. The Morgan fingerprint density at radius 3 is 2.27 bits per heavy atom. The predicted octanol–water partition coefficient (Wildman–Crippen LogP) is 5.67. The summed E-state index contributed by atoms with van der Waals surface area (Å²) < 4.78 is 11.7. The molecule has 334 valence electrons. The van der Waals surface area contributed by atoms with Crippen molar-refractivity contribution in [1.82, 2.24) is 20.0 Å². The molecule has 4 rings (SSSR count). The molecular weight excluding hydrogens is 783 g/mol. The van der Waals surface area contributed by atoms with Crippen LogP contribution in [0.25, 0.3) is 0 Å². The molecule has 0 spiro atoms. The highest BCUT2D eigenvalue weighted by atomic mass is 32.2. The number of thioether (sulfide) groups is 1. The maximum absolute atomic E-state index is 14.7. The Balaban J connectivity index is 1.76. The molecule has 3 heterocycles. The largest absolute Gasteiger partial charge is 0.497 e. The number of aliphatic hydroxyl groups excluding tert-OH is 1. The van der Waals surface area contributed by atoms with Crippen molar-refractivity contribution < 1.29 is 38.6 Å². The zero-order valence-corrected chi connectivity index (χ0v) is 38.8. The lowest BCUT2D eigenvalue weighted by Crippen LogP contribution is -2.61. The van der Waals surface area contributed by atoms with Crippen molar-refractivity contribution in [2.45, 2.75) is 150 Å². The van der Waals surface area contributed by atoms with Gasteiger partial charge in [-0.25, -0.2) is 4.79 Å². The van der Waals surface area contributed by atoms with Gasteiger partial charge in [0.2, 0.25) is 23.6 Å². The molecular formula is C46H71N5O8S. The second-order valence-electron chi connectivity index (χ2n) is 18.4. The Hall–Kier alpha value is -3.91. The number of likely N-dealkylation sites (N-methyl/N-ethyl adjacent to an activating group) is 2. The highest BCUT2D eigenvalue weighted by Gasteiger charge is 2.44. The van der Waals surface area contributed by atoms with Crippen LogP contribution in [-0.2, 0) is 35.1 Å². The van der Waals surface area contributed by atoms with E-state index in [-0.39, 0.29) is 36.1 Å². The Bertz CT molecular complexity index is 1740. The van der Waals surface area contributed by atoms with Gasteiger partial charge in [-0.2, -0.15) is 0 Å². The van der Waals surface area contributed by atoms with Gasteiger partial charge in [-0.1, -0.05) is 73.1 Å². The molecule has 10 atom stereocenters. The molecule has 2 N–H and O–H groups in total. The first-order valence-electron chi connectivity index (χ1n) is 21.7. The second-order valence-corrected chi connectivity index (χ2v) is 19.5. The van der Waals surface area contributed by atoms with E-state index in [2.05, 4.69) is 12.2 Å². The van der Waals surface area contributed by atoms with E-state index >= 15 is 0 Å². The lowest BCUT2D eigenvalue weighted by atomic mass is 9.81. The van der Waals surface area contributed by atoms with Gasteiger partial charge in [0.25, 0.3) is 0 Å². The number of nitrogens with one attached hydrogen (secondary N) is 1. The van der Waals surface area contributed by atoms with Crippen LogP contribution in [0, 0.1) is 23.2 Å². The number of aliphatic imine (C=N–C) groups is 1. The zero-order chi connectivity index (χ0) is 44.6. The quantitative estimate of drug-likeness (QED) is 0.357. The van der Waals surface area contributed by atoms with Crippen LogP contribution in [0.2, 0.25) is 0 Å². The lowest BCUT2D eigenvalue weighted by Gasteiger charge is -2.42. The number of piperidine rings is 1. The number of aliphatic hydroxyl groups is 1. The number of ether oxygens (including phenoxy) is 2. The average Bonchev–Trinajstić information content (AvgIpc) is 3.69. The maximum atomic E-state index is 14.7. The summed E-state index contributed by atoms with van der Waals surface area (Å²) in [7, 11) is 4.69. The number of rotatable bonds is 5. The SMILES string of the molecule is CC[C@H](C)[C@H]1C(=O)N2CCCC[C@H]2C(=O)O[C@H](C(C)(C)C)C[C@@H](C)C[C@H](O)[C@H](C)C2=N[C@@H](/C=C(/C)C(=O)N[C@@H](Cc3ccc(OC)cc3)C(=O)N(C)[C@@H](C)C(=O)N1C)CS2. The van der Waals surface area contributed by atoms with Crippen LogP contribution in [0.1, 0.15) is 106 Å². The van der Waals surface area contributed by atoms with Crippen LogP contribution < -0.4 is 10.1 Å². The van der Waals surface area contributed by atoms with E-state index in [1.165, 1.54) is 16.8 Å². The predicted molar refractivity (Wildman–Crippen MR) is 237 cm³/mol. The second kappa shape index (κ2) is 21.3. The van der Waals surface area contributed by atoms with E-state index in [0.29, 0.717) is 55.7 Å². The molecule has 4 amide bonds. The van der Waals surface area contributed by atoms with E-state index < -0.39 is 65.5 Å². The summed E-state index contributed by atoms with van der Waals surface area (Å²) in [6, 6.07) is 3.18. The topological polar surface area (TPSA) is 158 Å². The van der Waals surface area contributed by atoms with Crippen LogP contribution in [0.4, 0.5) is 0 Å². The van der Waals surface area contributed by atoms with Gasteiger partial charge in [-0.3, -0.25) is 24.2 Å². The lowest BCUT2D eigenvalue weighted by molar-refractivity contribution is -0.169. The fourth-order valence-corrected chi connectivity index (χ4v) is 9.42. The molecule has 60 heavy (non-hydrogen) atoms. The van der Waals surface area contributed by atoms with Crippen molar-refractivity contribution in [2.75, 3.05) is 33.5 Å². The first-order chi connectivity index (χ1) is 28.2. The Morgan fingerprint density at radius 2 is 1.65 bits per heavy atom. The van der Waals surface area contributed by atoms with Gasteiger partial charge in [0.05, 0.1) is 24.3 Å². The monoisotopic (exact) mass is 854 g/mol. The average molecular weight is 854 g/mol. The smallest absolute Gasteiger partial charge is 0.329 e. The van der Waals surface area contributed by atoms with Gasteiger partial charge in [0.1, 0.15) is 36.0 Å². The summed E-state index contributed by atoms with van der Waals surface area (Å²) in [5.74, 6) is -1.40. The van der Waals surface area contributed by atoms with Gasteiger partial charge in [0.15, 0.2) is 0 Å². The minimum Gasteiger partial charge on any atom is -0.497 e. The third-order valence-electron chi connectivity index (χ3n) is 12.7. The van der Waals surface area contributed by atoms with Crippen molar-refractivity contribution in [3.63, 3.8) is 0 Å². The van der Waals surface area contributed by atoms with Crippen molar-refractivity contribution in [2.24, 2.45) is 28.2 Å². The number of methoxy groups -OCH3 is 1. The fraction of sp³-hybridized carbons (Fsp3) is 0.696. The molecule has 1 aromatic rings. The van der Waals surface area contributed by atoms with Gasteiger partial charge in [-0.15, -0.1) is 11.8 Å². The molecule has 1 saturated heterocycles. The minimum atomic E-state index is -1.03. The van der Waals surface area contributed by atoms with Crippen molar-refractivity contribution in [1.29, 1.82) is 0 Å². The fourth-order valence-electron chi connectivity index (χ4n) is 8.28. The number of cyclic esters (lactones) is 1. The van der Waals surface area contributed by atoms with Crippen LogP contribution in [0.3, 0.4) is 0 Å². The summed E-state index contributed by atoms with van der Waals surface area (Å²) in [5.41, 5.74) is 0.756. The molecule has 14 heteroatoms. The summed E-state index contributed by atoms with van der Waals surface area (Å²) in [6.07, 6.45) is 4.25. The number of carbonyl (C=O) groups is 5. The number of fused-ring (bicyclic) bond motifs is 2. The summed E-state index contributed by atoms with van der Waals surface area (Å²) in [5, 5.41) is 15.2. The standard InChI is InChI=1S/C46H71N5O8S/c1-13-28(3)39-44(56)51-21-15-14-16-36(51)45(57)59-38(46(7,8)9)23-27(2)22-37(52)30(5)41-47-33(26-60-41)24-29(4)40(53)48-35(25-32-17-19-34(58-12)20-18-32)43(55)49(10)31(6)42(54)50(39)11/h17-20,24,27-28,30-31,33,35-39,52H,13-16,21-23,25-26H2,1-12H3,(H,48,53)/b29-24-/t27-,28-,30-,31-,33-,35-,36-,37-,38-,39-/m0/s1. The van der Waals surface area contributed by atoms with E-state index in [9.17, 15) is 29.1 Å². The van der Waals surface area contributed by atoms with Crippen LogP contribution in [0.15, 0.2) is 40.9 Å². The van der Waals surface area contributed by atoms with Gasteiger partial charge >= 0.3 is 5.97 Å². The first kappa shape index (κ1) is 48.8. The highest BCUT2D eigenvalue weighted by molar-refractivity contribution is 8.14. The number of carbonyl (C=O) groups excluding carboxylic acids is 5. The molecule has 1 fully saturated rings. The van der Waals surface area contributed by atoms with Crippen molar-refractivity contribution in [3.8, 4) is 5.75 Å². The number of esters is 1. The third kappa shape index (κ3) is 12.1. The number of nitrogens with zero attached hydrogens (tertiary/aromatic N) is 4.